The second-order valence-corrected chi connectivity index (χ2v) is 8.32. The zero-order valence-electron chi connectivity index (χ0n) is 16.3. The van der Waals surface area contributed by atoms with E-state index in [9.17, 15) is 14.4 Å². The van der Waals surface area contributed by atoms with Crippen molar-refractivity contribution < 1.29 is 14.4 Å². The number of nitrogens with zero attached hydrogens (tertiary/aromatic N) is 2. The van der Waals surface area contributed by atoms with Gasteiger partial charge in [-0.3, -0.25) is 24.6 Å². The van der Waals surface area contributed by atoms with Crippen molar-refractivity contribution in [1.82, 2.24) is 15.1 Å². The van der Waals surface area contributed by atoms with Gasteiger partial charge in [0.15, 0.2) is 0 Å². The average molecular weight is 384 g/mol. The second-order valence-electron chi connectivity index (χ2n) is 8.32. The predicted octanol–water partition coefficient (Wildman–Crippen LogP) is 1.01. The predicted molar refractivity (Wildman–Crippen MR) is 104 cm³/mol. The van der Waals surface area contributed by atoms with Gasteiger partial charge in [0.05, 0.1) is 0 Å². The highest BCUT2D eigenvalue weighted by atomic mass is 16.2. The van der Waals surface area contributed by atoms with Crippen LogP contribution in [0.2, 0.25) is 0 Å². The molecular formula is C21H28N4O3. The molecular weight excluding hydrogens is 356 g/mol. The van der Waals surface area contributed by atoms with Crippen LogP contribution in [0.1, 0.15) is 54.1 Å². The van der Waals surface area contributed by atoms with E-state index in [0.717, 1.165) is 43.6 Å². The minimum atomic E-state index is -0.563. The number of hydrogen-bond donors (Lipinski definition) is 2. The number of carbonyl (C=O) groups is 3. The minimum absolute atomic E-state index is 0.109. The van der Waals surface area contributed by atoms with Crippen molar-refractivity contribution >= 4 is 17.7 Å². The Labute approximate surface area is 165 Å². The van der Waals surface area contributed by atoms with Crippen LogP contribution in [0, 0.1) is 5.92 Å². The van der Waals surface area contributed by atoms with E-state index in [4.69, 9.17) is 5.73 Å². The highest BCUT2D eigenvalue weighted by Gasteiger charge is 2.39. The van der Waals surface area contributed by atoms with Crippen LogP contribution in [0.4, 0.5) is 0 Å². The number of fused-ring (bicyclic) bond motifs is 1. The molecule has 0 radical (unpaired) electrons. The number of rotatable bonds is 4. The zero-order valence-corrected chi connectivity index (χ0v) is 16.3. The molecule has 3 aliphatic heterocycles. The standard InChI is InChI=1S/C21H28N4O3/c1-13(22)14-7-9-24(10-8-14)11-15-3-2-4-16-17(15)12-25(21(16)28)18-5-6-19(26)23-20(18)27/h2-4,13-14,18H,5-12,22H2,1H3,(H,23,26,27). The van der Waals surface area contributed by atoms with E-state index >= 15 is 0 Å². The first-order valence-corrected chi connectivity index (χ1v) is 10.2. The molecule has 28 heavy (non-hydrogen) atoms. The van der Waals surface area contributed by atoms with Gasteiger partial charge in [0.25, 0.3) is 5.91 Å². The molecule has 2 unspecified atom stereocenters. The summed E-state index contributed by atoms with van der Waals surface area (Å²) in [5, 5.41) is 2.36. The second kappa shape index (κ2) is 7.64. The van der Waals surface area contributed by atoms with Gasteiger partial charge in [-0.2, -0.15) is 0 Å². The molecule has 2 fully saturated rings. The molecule has 3 aliphatic rings. The van der Waals surface area contributed by atoms with Gasteiger partial charge in [-0.25, -0.2) is 0 Å². The highest BCUT2D eigenvalue weighted by molar-refractivity contribution is 6.05. The van der Waals surface area contributed by atoms with Crippen molar-refractivity contribution in [1.29, 1.82) is 0 Å². The summed E-state index contributed by atoms with van der Waals surface area (Å²) in [6.07, 6.45) is 2.88. The van der Waals surface area contributed by atoms with Crippen molar-refractivity contribution in [2.45, 2.75) is 57.8 Å². The zero-order chi connectivity index (χ0) is 19.8. The lowest BCUT2D eigenvalue weighted by atomic mass is 9.90. The third kappa shape index (κ3) is 3.56. The molecule has 1 aromatic carbocycles. The molecule has 0 spiro atoms. The molecule has 3 N–H and O–H groups in total. The lowest BCUT2D eigenvalue weighted by molar-refractivity contribution is -0.136. The fraction of sp³-hybridized carbons (Fsp3) is 0.571. The van der Waals surface area contributed by atoms with Crippen molar-refractivity contribution in [3.05, 3.63) is 34.9 Å². The van der Waals surface area contributed by atoms with E-state index in [0.29, 0.717) is 24.4 Å². The van der Waals surface area contributed by atoms with E-state index in [1.54, 1.807) is 4.90 Å². The molecule has 3 amide bonds. The number of benzene rings is 1. The van der Waals surface area contributed by atoms with Crippen molar-refractivity contribution in [2.75, 3.05) is 13.1 Å². The number of piperidine rings is 2. The van der Waals surface area contributed by atoms with E-state index in [-0.39, 0.29) is 30.2 Å². The average Bonchev–Trinajstić information content (AvgIpc) is 3.00. The maximum Gasteiger partial charge on any atom is 0.255 e. The van der Waals surface area contributed by atoms with Gasteiger partial charge in [0.1, 0.15) is 6.04 Å². The quantitative estimate of drug-likeness (QED) is 0.756. The number of nitrogens with one attached hydrogen (secondary N) is 1. The maximum atomic E-state index is 12.9. The monoisotopic (exact) mass is 384 g/mol. The Hall–Kier alpha value is -2.25. The van der Waals surface area contributed by atoms with Gasteiger partial charge in [-0.15, -0.1) is 0 Å². The van der Waals surface area contributed by atoms with Crippen LogP contribution in [0.3, 0.4) is 0 Å². The van der Waals surface area contributed by atoms with Crippen molar-refractivity contribution in [2.24, 2.45) is 11.7 Å². The van der Waals surface area contributed by atoms with Gasteiger partial charge in [-0.1, -0.05) is 12.1 Å². The first-order valence-electron chi connectivity index (χ1n) is 10.2. The Kier molecular flexibility index (Phi) is 5.21. The SMILES string of the molecule is CC(N)C1CCN(Cc2cccc3c2CN(C2CCC(=O)NC2=O)C3=O)CC1. The van der Waals surface area contributed by atoms with Gasteiger partial charge >= 0.3 is 0 Å². The molecule has 0 bridgehead atoms. The third-order valence-electron chi connectivity index (χ3n) is 6.45. The summed E-state index contributed by atoms with van der Waals surface area (Å²) in [4.78, 5) is 40.6. The Morgan fingerprint density at radius 1 is 1.18 bits per heavy atom. The summed E-state index contributed by atoms with van der Waals surface area (Å²) in [6, 6.07) is 5.53. The molecule has 7 heteroatoms. The third-order valence-corrected chi connectivity index (χ3v) is 6.45. The maximum absolute atomic E-state index is 12.9. The fourth-order valence-electron chi connectivity index (χ4n) is 4.68. The molecule has 7 nitrogen and oxygen atoms in total. The summed E-state index contributed by atoms with van der Waals surface area (Å²) >= 11 is 0. The van der Waals surface area contributed by atoms with Gasteiger partial charge in [0.2, 0.25) is 11.8 Å². The summed E-state index contributed by atoms with van der Waals surface area (Å²) in [5.41, 5.74) is 8.91. The Morgan fingerprint density at radius 3 is 2.61 bits per heavy atom. The normalized spacial score (nSPS) is 25.0. The van der Waals surface area contributed by atoms with Crippen LogP contribution >= 0.6 is 0 Å². The van der Waals surface area contributed by atoms with Crippen LogP contribution in [0.5, 0.6) is 0 Å². The number of amides is 3. The molecule has 0 aliphatic carbocycles. The Bertz CT molecular complexity index is 799. The number of likely N-dealkylation sites (tertiary alicyclic amines) is 1. The topological polar surface area (TPSA) is 95.7 Å². The molecule has 3 heterocycles. The summed E-state index contributed by atoms with van der Waals surface area (Å²) in [5.74, 6) is -0.150. The smallest absolute Gasteiger partial charge is 0.255 e. The van der Waals surface area contributed by atoms with Crippen LogP contribution in [0.25, 0.3) is 0 Å². The first kappa shape index (κ1) is 19.1. The lowest BCUT2D eigenvalue weighted by Crippen LogP contribution is -2.52. The highest BCUT2D eigenvalue weighted by Crippen LogP contribution is 2.31. The first-order chi connectivity index (χ1) is 13.4. The van der Waals surface area contributed by atoms with E-state index in [1.165, 1.54) is 0 Å². The summed E-state index contributed by atoms with van der Waals surface area (Å²) in [7, 11) is 0. The van der Waals surface area contributed by atoms with Gasteiger partial charge in [0, 0.05) is 31.1 Å². The van der Waals surface area contributed by atoms with Gasteiger partial charge < -0.3 is 10.6 Å². The Morgan fingerprint density at radius 2 is 1.93 bits per heavy atom. The number of carbonyl (C=O) groups excluding carboxylic acids is 3. The van der Waals surface area contributed by atoms with Crippen LogP contribution in [-0.2, 0) is 22.7 Å². The molecule has 4 rings (SSSR count). The Balaban J connectivity index is 1.47. The van der Waals surface area contributed by atoms with Crippen molar-refractivity contribution in [3.63, 3.8) is 0 Å². The largest absolute Gasteiger partial charge is 0.328 e. The fourth-order valence-corrected chi connectivity index (χ4v) is 4.68. The van der Waals surface area contributed by atoms with Crippen LogP contribution < -0.4 is 11.1 Å². The molecule has 2 atom stereocenters. The molecule has 0 aromatic heterocycles. The molecule has 1 aromatic rings. The van der Waals surface area contributed by atoms with E-state index < -0.39 is 6.04 Å². The molecule has 150 valence electrons. The lowest BCUT2D eigenvalue weighted by Gasteiger charge is -2.34. The summed E-state index contributed by atoms with van der Waals surface area (Å²) < 4.78 is 0. The van der Waals surface area contributed by atoms with Gasteiger partial charge in [-0.05, 0) is 62.4 Å². The number of imide groups is 1. The van der Waals surface area contributed by atoms with Crippen LogP contribution in [0.15, 0.2) is 18.2 Å². The summed E-state index contributed by atoms with van der Waals surface area (Å²) in [6.45, 7) is 5.36. The van der Waals surface area contributed by atoms with E-state index in [1.807, 2.05) is 12.1 Å². The molecule has 0 saturated carbocycles. The minimum Gasteiger partial charge on any atom is -0.328 e. The molecule has 2 saturated heterocycles. The van der Waals surface area contributed by atoms with Crippen LogP contribution in [-0.4, -0.2) is 52.7 Å². The number of hydrogen-bond acceptors (Lipinski definition) is 5. The van der Waals surface area contributed by atoms with E-state index in [2.05, 4.69) is 23.2 Å². The number of nitrogens with two attached hydrogens (primary N) is 1. The van der Waals surface area contributed by atoms with Crippen molar-refractivity contribution in [3.8, 4) is 0 Å².